The van der Waals surface area contributed by atoms with Crippen LogP contribution in [0.15, 0.2) is 0 Å². The fraction of sp³-hybridized carbons (Fsp3) is 0.917. The predicted molar refractivity (Wildman–Crippen MR) is 63.0 cm³/mol. The Kier molecular flexibility index (Phi) is 6.57. The zero-order valence-electron chi connectivity index (χ0n) is 10.5. The van der Waals surface area contributed by atoms with Crippen molar-refractivity contribution in [3.05, 3.63) is 0 Å². The van der Waals surface area contributed by atoms with Crippen LogP contribution in [-0.4, -0.2) is 23.2 Å². The molecule has 0 rings (SSSR count). The molecule has 3 nitrogen and oxygen atoms in total. The van der Waals surface area contributed by atoms with Crippen molar-refractivity contribution in [3.63, 3.8) is 0 Å². The number of hydrogen-bond acceptors (Lipinski definition) is 2. The van der Waals surface area contributed by atoms with Gasteiger partial charge in [0.25, 0.3) is 0 Å². The molecule has 0 aromatic rings. The fourth-order valence-electron chi connectivity index (χ4n) is 1.79. The molecule has 15 heavy (non-hydrogen) atoms. The third-order valence-electron chi connectivity index (χ3n) is 2.58. The van der Waals surface area contributed by atoms with E-state index in [1.807, 2.05) is 0 Å². The molecule has 0 aliphatic rings. The van der Waals surface area contributed by atoms with Gasteiger partial charge in [-0.3, -0.25) is 4.79 Å². The van der Waals surface area contributed by atoms with Crippen LogP contribution in [-0.2, 0) is 4.79 Å². The highest BCUT2D eigenvalue weighted by atomic mass is 16.4. The third-order valence-corrected chi connectivity index (χ3v) is 2.58. The molecule has 1 atom stereocenters. The van der Waals surface area contributed by atoms with Crippen molar-refractivity contribution in [1.82, 2.24) is 5.32 Å². The predicted octanol–water partition coefficient (Wildman–Crippen LogP) is 2.66. The molecule has 1 unspecified atom stereocenters. The summed E-state index contributed by atoms with van der Waals surface area (Å²) in [5.74, 6) is -0.350. The van der Waals surface area contributed by atoms with E-state index in [9.17, 15) is 9.90 Å². The minimum absolute atomic E-state index is 0.393. The largest absolute Gasteiger partial charge is 0.480 e. The second-order valence-corrected chi connectivity index (χ2v) is 4.87. The second kappa shape index (κ2) is 6.83. The van der Waals surface area contributed by atoms with Gasteiger partial charge in [0.1, 0.15) is 5.54 Å². The van der Waals surface area contributed by atoms with Crippen LogP contribution < -0.4 is 5.32 Å². The van der Waals surface area contributed by atoms with Gasteiger partial charge in [0.2, 0.25) is 0 Å². The molecule has 0 heterocycles. The number of rotatable bonds is 8. The van der Waals surface area contributed by atoms with Gasteiger partial charge >= 0.3 is 5.97 Å². The molecular weight excluding hydrogens is 190 g/mol. The molecule has 0 aromatic carbocycles. The van der Waals surface area contributed by atoms with Crippen LogP contribution >= 0.6 is 0 Å². The van der Waals surface area contributed by atoms with Gasteiger partial charge in [-0.05, 0) is 32.2 Å². The highest BCUT2D eigenvalue weighted by Gasteiger charge is 2.32. The number of nitrogens with one attached hydrogen (secondary N) is 1. The summed E-state index contributed by atoms with van der Waals surface area (Å²) in [4.78, 5) is 11.2. The number of carboxylic acid groups (broad SMARTS) is 1. The lowest BCUT2D eigenvalue weighted by Crippen LogP contribution is -2.50. The lowest BCUT2D eigenvalue weighted by atomic mass is 9.90. The number of carboxylic acids is 1. The minimum Gasteiger partial charge on any atom is -0.480 e. The Bertz CT molecular complexity index is 192. The van der Waals surface area contributed by atoms with Crippen molar-refractivity contribution in [2.45, 2.75) is 58.9 Å². The summed E-state index contributed by atoms with van der Waals surface area (Å²) in [5, 5.41) is 12.3. The summed E-state index contributed by atoms with van der Waals surface area (Å²) in [6.07, 6.45) is 4.05. The molecular formula is C12H25NO2. The van der Waals surface area contributed by atoms with Gasteiger partial charge in [-0.25, -0.2) is 0 Å². The molecule has 0 spiro atoms. The monoisotopic (exact) mass is 215 g/mol. The molecule has 0 aliphatic carbocycles. The van der Waals surface area contributed by atoms with Crippen molar-refractivity contribution >= 4 is 5.97 Å². The summed E-state index contributed by atoms with van der Waals surface area (Å²) in [6, 6.07) is 0. The smallest absolute Gasteiger partial charge is 0.323 e. The second-order valence-electron chi connectivity index (χ2n) is 4.87. The molecule has 0 saturated carbocycles. The molecule has 0 saturated heterocycles. The lowest BCUT2D eigenvalue weighted by molar-refractivity contribution is -0.144. The first-order valence-corrected chi connectivity index (χ1v) is 5.90. The maximum Gasteiger partial charge on any atom is 0.323 e. The summed E-state index contributed by atoms with van der Waals surface area (Å²) in [6.45, 7) is 8.82. The molecule has 0 aromatic heterocycles. The maximum atomic E-state index is 11.2. The first-order chi connectivity index (χ1) is 6.92. The van der Waals surface area contributed by atoms with Gasteiger partial charge in [-0.15, -0.1) is 0 Å². The van der Waals surface area contributed by atoms with Crippen molar-refractivity contribution in [3.8, 4) is 0 Å². The fourth-order valence-corrected chi connectivity index (χ4v) is 1.79. The first kappa shape index (κ1) is 14.4. The zero-order valence-corrected chi connectivity index (χ0v) is 10.5. The van der Waals surface area contributed by atoms with Gasteiger partial charge in [0.05, 0.1) is 0 Å². The summed E-state index contributed by atoms with van der Waals surface area (Å²) >= 11 is 0. The Morgan fingerprint density at radius 3 is 2.40 bits per heavy atom. The summed E-state index contributed by atoms with van der Waals surface area (Å²) in [7, 11) is 0. The number of carbonyl (C=O) groups is 1. The van der Waals surface area contributed by atoms with Crippen LogP contribution in [0.25, 0.3) is 0 Å². The van der Waals surface area contributed by atoms with E-state index in [1.54, 1.807) is 6.92 Å². The van der Waals surface area contributed by atoms with E-state index in [2.05, 4.69) is 26.1 Å². The van der Waals surface area contributed by atoms with E-state index in [-0.39, 0.29) is 0 Å². The van der Waals surface area contributed by atoms with E-state index in [1.165, 1.54) is 0 Å². The summed E-state index contributed by atoms with van der Waals surface area (Å²) < 4.78 is 0. The van der Waals surface area contributed by atoms with Gasteiger partial charge in [-0.2, -0.15) is 0 Å². The highest BCUT2D eigenvalue weighted by molar-refractivity contribution is 5.78. The minimum atomic E-state index is -0.762. The van der Waals surface area contributed by atoms with Crippen molar-refractivity contribution in [2.24, 2.45) is 5.92 Å². The molecule has 90 valence electrons. The Hall–Kier alpha value is -0.570. The van der Waals surface area contributed by atoms with E-state index in [0.29, 0.717) is 12.3 Å². The zero-order chi connectivity index (χ0) is 11.9. The van der Waals surface area contributed by atoms with Gasteiger partial charge in [-0.1, -0.05) is 33.6 Å². The first-order valence-electron chi connectivity index (χ1n) is 5.90. The van der Waals surface area contributed by atoms with E-state index < -0.39 is 11.5 Å². The van der Waals surface area contributed by atoms with Gasteiger partial charge in [0, 0.05) is 0 Å². The van der Waals surface area contributed by atoms with Crippen LogP contribution in [0, 0.1) is 5.92 Å². The Balaban J connectivity index is 4.08. The Labute approximate surface area is 93.3 Å². The molecule has 0 amide bonds. The highest BCUT2D eigenvalue weighted by Crippen LogP contribution is 2.16. The van der Waals surface area contributed by atoms with Crippen LogP contribution in [0.3, 0.4) is 0 Å². The lowest BCUT2D eigenvalue weighted by Gasteiger charge is -2.28. The van der Waals surface area contributed by atoms with Crippen molar-refractivity contribution in [1.29, 1.82) is 0 Å². The van der Waals surface area contributed by atoms with Crippen molar-refractivity contribution in [2.75, 3.05) is 6.54 Å². The molecule has 0 radical (unpaired) electrons. The molecule has 0 fully saturated rings. The Morgan fingerprint density at radius 2 is 2.00 bits per heavy atom. The average molecular weight is 215 g/mol. The normalized spacial score (nSPS) is 15.3. The molecule has 3 heteroatoms. The van der Waals surface area contributed by atoms with Crippen LogP contribution in [0.5, 0.6) is 0 Å². The van der Waals surface area contributed by atoms with E-state index in [0.717, 1.165) is 25.8 Å². The Morgan fingerprint density at radius 1 is 1.40 bits per heavy atom. The number of hydrogen-bond donors (Lipinski definition) is 2. The summed E-state index contributed by atoms with van der Waals surface area (Å²) in [5.41, 5.74) is -0.762. The van der Waals surface area contributed by atoms with E-state index in [4.69, 9.17) is 0 Å². The average Bonchev–Trinajstić information content (AvgIpc) is 2.11. The molecule has 0 bridgehead atoms. The van der Waals surface area contributed by atoms with Crippen molar-refractivity contribution < 1.29 is 9.90 Å². The van der Waals surface area contributed by atoms with Crippen LogP contribution in [0.1, 0.15) is 53.4 Å². The molecule has 2 N–H and O–H groups in total. The quantitative estimate of drug-likeness (QED) is 0.612. The van der Waals surface area contributed by atoms with Gasteiger partial charge < -0.3 is 10.4 Å². The van der Waals surface area contributed by atoms with Crippen LogP contribution in [0.4, 0.5) is 0 Å². The van der Waals surface area contributed by atoms with E-state index >= 15 is 0 Å². The number of aliphatic carboxylic acids is 1. The molecule has 0 aliphatic heterocycles. The van der Waals surface area contributed by atoms with Crippen LogP contribution in [0.2, 0.25) is 0 Å². The topological polar surface area (TPSA) is 49.3 Å². The number of unbranched alkanes of at least 4 members (excludes halogenated alkanes) is 2. The third kappa shape index (κ3) is 5.78. The van der Waals surface area contributed by atoms with Gasteiger partial charge in [0.15, 0.2) is 0 Å². The SMILES string of the molecule is CCCCCNC(C)(CC(C)C)C(=O)O. The standard InChI is InChI=1S/C12H25NO2/c1-5-6-7-8-13-12(4,11(14)15)9-10(2)3/h10,13H,5-9H2,1-4H3,(H,14,15). The maximum absolute atomic E-state index is 11.2.